The third-order valence-corrected chi connectivity index (χ3v) is 3.17. The highest BCUT2D eigenvalue weighted by Crippen LogP contribution is 2.27. The Balaban J connectivity index is 2.26. The molecule has 0 spiro atoms. The van der Waals surface area contributed by atoms with Crippen molar-refractivity contribution in [3.8, 4) is 0 Å². The van der Waals surface area contributed by atoms with Crippen molar-refractivity contribution in [3.05, 3.63) is 36.0 Å². The van der Waals surface area contributed by atoms with Crippen LogP contribution < -0.4 is 5.32 Å². The fraction of sp³-hybridized carbons (Fsp3) is 0.357. The minimum Gasteiger partial charge on any atom is -0.388 e. The smallest absolute Gasteiger partial charge is 0.216 e. The lowest BCUT2D eigenvalue weighted by atomic mass is 10.0. The largest absolute Gasteiger partial charge is 0.388 e. The van der Waals surface area contributed by atoms with E-state index in [1.165, 1.54) is 6.92 Å². The Bertz CT molecular complexity index is 591. The van der Waals surface area contributed by atoms with Gasteiger partial charge >= 0.3 is 0 Å². The van der Waals surface area contributed by atoms with Crippen LogP contribution in [0.3, 0.4) is 0 Å². The first kappa shape index (κ1) is 13.6. The topological polar surface area (TPSA) is 74.5 Å². The molecule has 19 heavy (non-hydrogen) atoms. The van der Waals surface area contributed by atoms with Crippen LogP contribution >= 0.6 is 0 Å². The second kappa shape index (κ2) is 5.42. The Morgan fingerprint density at radius 1 is 1.37 bits per heavy atom. The highest BCUT2D eigenvalue weighted by atomic mass is 16.3. The van der Waals surface area contributed by atoms with Crippen LogP contribution in [0.25, 0.3) is 10.9 Å². The van der Waals surface area contributed by atoms with E-state index in [2.05, 4.69) is 5.32 Å². The van der Waals surface area contributed by atoms with Gasteiger partial charge in [-0.3, -0.25) is 4.79 Å². The molecule has 1 amide bonds. The zero-order valence-electron chi connectivity index (χ0n) is 11.0. The number of aromatic nitrogens is 1. The van der Waals surface area contributed by atoms with Gasteiger partial charge in [-0.25, -0.2) is 0 Å². The predicted octanol–water partition coefficient (Wildman–Crippen LogP) is 0.709. The molecule has 5 heteroatoms. The summed E-state index contributed by atoms with van der Waals surface area (Å²) in [7, 11) is 1.89. The zero-order chi connectivity index (χ0) is 14.0. The number of nitrogens with one attached hydrogen (secondary N) is 1. The average molecular weight is 262 g/mol. The first-order chi connectivity index (χ1) is 9.00. The summed E-state index contributed by atoms with van der Waals surface area (Å²) in [6.45, 7) is 1.40. The van der Waals surface area contributed by atoms with Crippen LogP contribution in [0, 0.1) is 0 Å². The predicted molar refractivity (Wildman–Crippen MR) is 72.6 cm³/mol. The number of aliphatic hydroxyl groups is 2. The minimum atomic E-state index is -1.03. The first-order valence-electron chi connectivity index (χ1n) is 6.15. The molecule has 0 fully saturated rings. The molecule has 0 saturated carbocycles. The maximum absolute atomic E-state index is 10.8. The van der Waals surface area contributed by atoms with Crippen LogP contribution in [0.1, 0.15) is 18.6 Å². The van der Waals surface area contributed by atoms with Crippen molar-refractivity contribution in [1.29, 1.82) is 0 Å². The van der Waals surface area contributed by atoms with Gasteiger partial charge in [-0.1, -0.05) is 18.2 Å². The summed E-state index contributed by atoms with van der Waals surface area (Å²) in [5.41, 5.74) is 1.65. The second-order valence-electron chi connectivity index (χ2n) is 4.66. The summed E-state index contributed by atoms with van der Waals surface area (Å²) in [5, 5.41) is 23.5. The van der Waals surface area contributed by atoms with Gasteiger partial charge in [0.25, 0.3) is 0 Å². The monoisotopic (exact) mass is 262 g/mol. The quantitative estimate of drug-likeness (QED) is 0.759. The Kier molecular flexibility index (Phi) is 3.87. The summed E-state index contributed by atoms with van der Waals surface area (Å²) in [5.74, 6) is -0.232. The molecule has 0 saturated heterocycles. The number of hydrogen-bond donors (Lipinski definition) is 3. The molecule has 0 aliphatic rings. The summed E-state index contributed by atoms with van der Waals surface area (Å²) >= 11 is 0. The minimum absolute atomic E-state index is 0.0275. The van der Waals surface area contributed by atoms with E-state index in [-0.39, 0.29) is 12.5 Å². The van der Waals surface area contributed by atoms with E-state index in [0.29, 0.717) is 5.56 Å². The lowest BCUT2D eigenvalue weighted by Crippen LogP contribution is -2.34. The number of aryl methyl sites for hydroxylation is 1. The Morgan fingerprint density at radius 3 is 2.74 bits per heavy atom. The van der Waals surface area contributed by atoms with E-state index in [1.54, 1.807) is 6.20 Å². The number of aliphatic hydroxyl groups excluding tert-OH is 2. The molecule has 0 bridgehead atoms. The van der Waals surface area contributed by atoms with E-state index >= 15 is 0 Å². The van der Waals surface area contributed by atoms with E-state index in [4.69, 9.17) is 0 Å². The number of fused-ring (bicyclic) bond motifs is 1. The summed E-state index contributed by atoms with van der Waals surface area (Å²) in [4.78, 5) is 10.8. The normalized spacial score (nSPS) is 14.3. The standard InChI is InChI=1S/C14H18N2O3/c1-9(17)15-7-13(18)14(19)11-8-16(2)12-6-4-3-5-10(11)12/h3-6,8,13-14,18-19H,7H2,1-2H3,(H,15,17). The van der Waals surface area contributed by atoms with Gasteiger partial charge < -0.3 is 20.1 Å². The van der Waals surface area contributed by atoms with Crippen molar-refractivity contribution in [3.63, 3.8) is 0 Å². The zero-order valence-corrected chi connectivity index (χ0v) is 11.0. The van der Waals surface area contributed by atoms with E-state index in [9.17, 15) is 15.0 Å². The van der Waals surface area contributed by atoms with E-state index in [0.717, 1.165) is 10.9 Å². The molecule has 1 aromatic heterocycles. The SMILES string of the molecule is CC(=O)NCC(O)C(O)c1cn(C)c2ccccc12. The maximum atomic E-state index is 10.8. The number of para-hydroxylation sites is 1. The number of nitrogens with zero attached hydrogens (tertiary/aromatic N) is 1. The number of rotatable bonds is 4. The molecular formula is C14H18N2O3. The van der Waals surface area contributed by atoms with Crippen molar-refractivity contribution in [2.75, 3.05) is 6.54 Å². The molecule has 0 radical (unpaired) electrons. The molecule has 2 aromatic rings. The molecule has 102 valence electrons. The summed E-state index contributed by atoms with van der Waals surface area (Å²) < 4.78 is 1.90. The van der Waals surface area contributed by atoms with Gasteiger partial charge in [0.1, 0.15) is 12.2 Å². The van der Waals surface area contributed by atoms with E-state index in [1.807, 2.05) is 35.9 Å². The lowest BCUT2D eigenvalue weighted by molar-refractivity contribution is -0.119. The number of amides is 1. The fourth-order valence-corrected chi connectivity index (χ4v) is 2.18. The van der Waals surface area contributed by atoms with Gasteiger partial charge in [0.05, 0.1) is 0 Å². The van der Waals surface area contributed by atoms with Crippen LogP contribution in [0.5, 0.6) is 0 Å². The van der Waals surface area contributed by atoms with Gasteiger partial charge in [-0.05, 0) is 6.07 Å². The average Bonchev–Trinajstić information content (AvgIpc) is 2.73. The van der Waals surface area contributed by atoms with Crippen LogP contribution in [0.2, 0.25) is 0 Å². The fourth-order valence-electron chi connectivity index (χ4n) is 2.18. The van der Waals surface area contributed by atoms with Gasteiger partial charge in [0.2, 0.25) is 5.91 Å². The van der Waals surface area contributed by atoms with Crippen molar-refractivity contribution < 1.29 is 15.0 Å². The number of hydrogen-bond acceptors (Lipinski definition) is 3. The van der Waals surface area contributed by atoms with Crippen LogP contribution in [0.4, 0.5) is 0 Å². The van der Waals surface area contributed by atoms with Crippen molar-refractivity contribution >= 4 is 16.8 Å². The number of carbonyl (C=O) groups excluding carboxylic acids is 1. The number of carbonyl (C=O) groups is 1. The van der Waals surface area contributed by atoms with Gasteiger partial charge in [-0.2, -0.15) is 0 Å². The maximum Gasteiger partial charge on any atom is 0.216 e. The molecule has 5 nitrogen and oxygen atoms in total. The lowest BCUT2D eigenvalue weighted by Gasteiger charge is -2.17. The van der Waals surface area contributed by atoms with Gasteiger partial charge in [-0.15, -0.1) is 0 Å². The Labute approximate surface area is 111 Å². The molecule has 2 rings (SSSR count). The van der Waals surface area contributed by atoms with Crippen molar-refractivity contribution in [2.24, 2.45) is 7.05 Å². The second-order valence-corrected chi connectivity index (χ2v) is 4.66. The molecule has 3 N–H and O–H groups in total. The molecule has 1 aromatic carbocycles. The molecule has 0 aliphatic heterocycles. The van der Waals surface area contributed by atoms with Crippen LogP contribution in [-0.4, -0.2) is 33.3 Å². The van der Waals surface area contributed by atoms with Crippen LogP contribution in [-0.2, 0) is 11.8 Å². The molecule has 1 heterocycles. The third-order valence-electron chi connectivity index (χ3n) is 3.17. The summed E-state index contributed by atoms with van der Waals surface area (Å²) in [6.07, 6.45) is -0.264. The van der Waals surface area contributed by atoms with Crippen molar-refractivity contribution in [1.82, 2.24) is 9.88 Å². The van der Waals surface area contributed by atoms with E-state index < -0.39 is 12.2 Å². The third kappa shape index (κ3) is 2.77. The highest BCUT2D eigenvalue weighted by molar-refractivity contribution is 5.84. The summed E-state index contributed by atoms with van der Waals surface area (Å²) in [6, 6.07) is 7.66. The van der Waals surface area contributed by atoms with Gasteiger partial charge in [0.15, 0.2) is 0 Å². The molecule has 2 unspecified atom stereocenters. The molecule has 0 aliphatic carbocycles. The molecule has 2 atom stereocenters. The number of benzene rings is 1. The van der Waals surface area contributed by atoms with Gasteiger partial charge in [0, 0.05) is 43.2 Å². The Morgan fingerprint density at radius 2 is 2.05 bits per heavy atom. The Hall–Kier alpha value is -1.85. The first-order valence-corrected chi connectivity index (χ1v) is 6.15. The molecular weight excluding hydrogens is 244 g/mol. The van der Waals surface area contributed by atoms with Crippen molar-refractivity contribution in [2.45, 2.75) is 19.1 Å². The highest BCUT2D eigenvalue weighted by Gasteiger charge is 2.22. The van der Waals surface area contributed by atoms with Crippen LogP contribution in [0.15, 0.2) is 30.5 Å².